The van der Waals surface area contributed by atoms with Crippen molar-refractivity contribution in [3.63, 3.8) is 0 Å². The number of hydrogen-bond donors (Lipinski definition) is 0. The fourth-order valence-electron chi connectivity index (χ4n) is 9.12. The van der Waals surface area contributed by atoms with E-state index in [1.807, 2.05) is 0 Å². The van der Waals surface area contributed by atoms with Gasteiger partial charge in [0.15, 0.2) is 0 Å². The van der Waals surface area contributed by atoms with Crippen LogP contribution in [-0.2, 0) is 14.0 Å². The summed E-state index contributed by atoms with van der Waals surface area (Å²) >= 11 is 1.50. The molecule has 2 aliphatic heterocycles. The second-order valence-corrected chi connectivity index (χ2v) is 18.2. The van der Waals surface area contributed by atoms with Crippen molar-refractivity contribution in [2.24, 2.45) is 0 Å². The van der Waals surface area contributed by atoms with Gasteiger partial charge in [-0.1, -0.05) is 0 Å². The third-order valence-electron chi connectivity index (χ3n) is 11.9. The second kappa shape index (κ2) is 17.7. The number of benzene rings is 6. The predicted octanol–water partition coefficient (Wildman–Crippen LogP) is 14.8. The van der Waals surface area contributed by atoms with Gasteiger partial charge >= 0.3 is 365 Å². The third kappa shape index (κ3) is 8.02. The van der Waals surface area contributed by atoms with Crippen LogP contribution < -0.4 is 4.90 Å². The van der Waals surface area contributed by atoms with Crippen LogP contribution in [-0.4, -0.2) is 9.96 Å². The van der Waals surface area contributed by atoms with Crippen LogP contribution in [0, 0.1) is 6.92 Å². The normalized spacial score (nSPS) is 15.2. The molecule has 0 aliphatic carbocycles. The average Bonchev–Trinajstić information content (AvgIpc) is 3.63. The summed E-state index contributed by atoms with van der Waals surface area (Å²) < 4.78 is 0. The van der Waals surface area contributed by atoms with Gasteiger partial charge < -0.3 is 0 Å². The molecule has 0 N–H and O–H groups in total. The van der Waals surface area contributed by atoms with Crippen LogP contribution in [0.25, 0.3) is 5.70 Å². The molecule has 6 aromatic carbocycles. The molecule has 2 aliphatic rings. The van der Waals surface area contributed by atoms with Gasteiger partial charge in [0, 0.05) is 0 Å². The molecular formula is C55H55ClCuN2-. The first-order valence-corrected chi connectivity index (χ1v) is 22.9. The molecule has 2 nitrogen and oxygen atoms in total. The van der Waals surface area contributed by atoms with Gasteiger partial charge in [-0.25, -0.2) is 0 Å². The van der Waals surface area contributed by atoms with Gasteiger partial charge in [-0.2, -0.15) is 0 Å². The number of nitrogens with zero attached hydrogens (tertiary/aromatic N) is 2. The molecule has 8 rings (SSSR count). The number of hydrogen-bond acceptors (Lipinski definition) is 2. The summed E-state index contributed by atoms with van der Waals surface area (Å²) in [6.45, 7) is 16.2. The monoisotopic (exact) mass is 841 g/mol. The Bertz CT molecular complexity index is 2270. The van der Waals surface area contributed by atoms with E-state index in [-0.39, 0.29) is 16.9 Å². The van der Waals surface area contributed by atoms with E-state index in [0.717, 1.165) is 5.70 Å². The first kappa shape index (κ1) is 40.7. The Labute approximate surface area is 363 Å². The van der Waals surface area contributed by atoms with Gasteiger partial charge in [0.25, 0.3) is 0 Å². The molecule has 1 unspecified atom stereocenters. The zero-order chi connectivity index (χ0) is 41.2. The SMILES string of the molecule is Cc1cc(C(c2ccccc2)c2ccccc2)c(N2C=C3C=CC=C(c4c(C(C)C)cc(C(C)C)cc4C(C)C)N3[CH]2[Cu-][Cl])c(C(c2ccccc2)c2ccccc2)c1. The molecule has 4 heteroatoms. The number of halogens is 1. The van der Waals surface area contributed by atoms with Crippen LogP contribution in [0.4, 0.5) is 5.69 Å². The molecule has 0 fully saturated rings. The first-order valence-electron chi connectivity index (χ1n) is 21.0. The van der Waals surface area contributed by atoms with Crippen molar-refractivity contribution >= 4 is 21.5 Å². The quantitative estimate of drug-likeness (QED) is 0.0894. The van der Waals surface area contributed by atoms with Crippen molar-refractivity contribution in [3.05, 3.63) is 237 Å². The van der Waals surface area contributed by atoms with E-state index in [9.17, 15) is 0 Å². The number of rotatable bonds is 12. The van der Waals surface area contributed by atoms with Gasteiger partial charge in [-0.15, -0.1) is 0 Å². The average molecular weight is 843 g/mol. The maximum atomic E-state index is 7.30. The molecule has 0 spiro atoms. The van der Waals surface area contributed by atoms with Crippen LogP contribution in [0.3, 0.4) is 0 Å². The minimum absolute atomic E-state index is 0.0387. The minimum atomic E-state index is -0.281. The Balaban J connectivity index is 1.41. The first-order chi connectivity index (χ1) is 28.7. The topological polar surface area (TPSA) is 6.48 Å². The molecule has 0 bridgehead atoms. The van der Waals surface area contributed by atoms with Crippen molar-refractivity contribution in [2.45, 2.75) is 83.1 Å². The molecule has 6 aromatic rings. The molecule has 2 heterocycles. The third-order valence-corrected chi connectivity index (χ3v) is 13.1. The standard InChI is InChI=1S/C55H55N2.ClH.Cu/c1-37(2)45-33-47(38(3)4)54(48(34-45)39(5)6)51-30-20-29-46-35-56(36-57(46)51)55-49(52(41-21-12-8-13-22-41)42-23-14-9-15-24-42)31-40(7)32-50(55)53(43-25-16-10-17-26-43)44-27-18-11-19-28-44;;/h8-39,52-53H,1-7H3;1H;/p-1. The van der Waals surface area contributed by atoms with Gasteiger partial charge in [-0.3, -0.25) is 0 Å². The summed E-state index contributed by atoms with van der Waals surface area (Å²) in [6.07, 6.45) is 9.14. The van der Waals surface area contributed by atoms with Crippen molar-refractivity contribution in [3.8, 4) is 0 Å². The van der Waals surface area contributed by atoms with E-state index in [1.54, 1.807) is 0 Å². The van der Waals surface area contributed by atoms with Crippen molar-refractivity contribution in [2.75, 3.05) is 4.90 Å². The number of anilines is 1. The zero-order valence-corrected chi connectivity index (χ0v) is 36.9. The Morgan fingerprint density at radius 3 is 1.32 bits per heavy atom. The molecule has 0 radical (unpaired) electrons. The van der Waals surface area contributed by atoms with Gasteiger partial charge in [-0.05, 0) is 0 Å². The van der Waals surface area contributed by atoms with E-state index >= 15 is 0 Å². The van der Waals surface area contributed by atoms with Crippen LogP contribution in [0.15, 0.2) is 176 Å². The van der Waals surface area contributed by atoms with E-state index in [1.165, 1.54) is 86.6 Å². The fraction of sp³-hybridized carbons (Fsp3) is 0.236. The number of aryl methyl sites for hydroxylation is 1. The Hall–Kier alpha value is -5.05. The predicted molar refractivity (Wildman–Crippen MR) is 247 cm³/mol. The molecule has 0 amide bonds. The van der Waals surface area contributed by atoms with E-state index in [0.29, 0.717) is 17.8 Å². The summed E-state index contributed by atoms with van der Waals surface area (Å²) in [7, 11) is 7.30. The molecule has 304 valence electrons. The maximum absolute atomic E-state index is 7.30. The molecule has 59 heavy (non-hydrogen) atoms. The van der Waals surface area contributed by atoms with Gasteiger partial charge in [0.1, 0.15) is 0 Å². The van der Waals surface area contributed by atoms with Crippen molar-refractivity contribution < 1.29 is 14.0 Å². The van der Waals surface area contributed by atoms with Gasteiger partial charge in [0.2, 0.25) is 0 Å². The summed E-state index contributed by atoms with van der Waals surface area (Å²) in [6, 6.07) is 53.8. The summed E-state index contributed by atoms with van der Waals surface area (Å²) in [5, 5.41) is -0.281. The number of allylic oxidation sites excluding steroid dienone is 3. The van der Waals surface area contributed by atoms with Crippen LogP contribution in [0.2, 0.25) is 0 Å². The molecular weight excluding hydrogens is 788 g/mol. The zero-order valence-electron chi connectivity index (χ0n) is 35.2. The van der Waals surface area contributed by atoms with E-state index in [2.05, 4.69) is 228 Å². The number of fused-ring (bicyclic) bond motifs is 1. The summed E-state index contributed by atoms with van der Waals surface area (Å²) in [5.74, 6) is 1.04. The summed E-state index contributed by atoms with van der Waals surface area (Å²) in [4.78, 5) is 4.98. The molecule has 0 aromatic heterocycles. The molecule has 0 saturated carbocycles. The Morgan fingerprint density at radius 1 is 0.525 bits per heavy atom. The van der Waals surface area contributed by atoms with E-state index < -0.39 is 0 Å². The van der Waals surface area contributed by atoms with Crippen LogP contribution >= 0.6 is 10.1 Å². The van der Waals surface area contributed by atoms with Crippen molar-refractivity contribution in [1.29, 1.82) is 0 Å². The molecule has 1 atom stereocenters. The summed E-state index contributed by atoms with van der Waals surface area (Å²) in [5.41, 5.74) is 17.7. The van der Waals surface area contributed by atoms with Crippen LogP contribution in [0.5, 0.6) is 0 Å². The second-order valence-electron chi connectivity index (χ2n) is 16.9. The van der Waals surface area contributed by atoms with Crippen molar-refractivity contribution in [1.82, 2.24) is 4.90 Å². The Kier molecular flexibility index (Phi) is 12.2. The van der Waals surface area contributed by atoms with Gasteiger partial charge in [0.05, 0.1) is 0 Å². The fourth-order valence-corrected chi connectivity index (χ4v) is 10.3. The Morgan fingerprint density at radius 2 is 0.949 bits per heavy atom. The van der Waals surface area contributed by atoms with E-state index in [4.69, 9.17) is 10.1 Å². The van der Waals surface area contributed by atoms with Crippen LogP contribution in [0.1, 0.15) is 132 Å². The molecule has 0 saturated heterocycles.